The van der Waals surface area contributed by atoms with E-state index >= 15 is 0 Å². The standard InChI is InChI=1S/C11H18O3/c12-11(7-13-5-9-1-2-9)8-14-6-10-3-4-10/h9-10H,1-8H2. The van der Waals surface area contributed by atoms with Crippen LogP contribution in [-0.4, -0.2) is 32.2 Å². The van der Waals surface area contributed by atoms with E-state index in [0.717, 1.165) is 25.0 Å². The van der Waals surface area contributed by atoms with E-state index in [1.54, 1.807) is 0 Å². The number of rotatable bonds is 8. The molecule has 0 aromatic heterocycles. The van der Waals surface area contributed by atoms with Gasteiger partial charge in [-0.3, -0.25) is 4.79 Å². The largest absolute Gasteiger partial charge is 0.373 e. The molecule has 2 saturated carbocycles. The van der Waals surface area contributed by atoms with Crippen LogP contribution in [0.5, 0.6) is 0 Å². The molecule has 2 rings (SSSR count). The topological polar surface area (TPSA) is 35.5 Å². The summed E-state index contributed by atoms with van der Waals surface area (Å²) in [5.74, 6) is 1.54. The van der Waals surface area contributed by atoms with Crippen molar-refractivity contribution in [3.05, 3.63) is 0 Å². The fraction of sp³-hybridized carbons (Fsp3) is 0.909. The Hall–Kier alpha value is -0.410. The number of hydrogen-bond acceptors (Lipinski definition) is 3. The lowest BCUT2D eigenvalue weighted by Crippen LogP contribution is -2.17. The summed E-state index contributed by atoms with van der Waals surface area (Å²) in [5, 5.41) is 0. The minimum atomic E-state index is 0.0753. The molecule has 0 bridgehead atoms. The molecule has 0 spiro atoms. The van der Waals surface area contributed by atoms with Crippen LogP contribution < -0.4 is 0 Å². The summed E-state index contributed by atoms with van der Waals surface area (Å²) in [6.07, 6.45) is 5.08. The third-order valence-corrected chi connectivity index (χ3v) is 2.63. The normalized spacial score (nSPS) is 21.1. The van der Waals surface area contributed by atoms with E-state index in [1.165, 1.54) is 25.7 Å². The molecule has 0 aromatic rings. The average molecular weight is 198 g/mol. The first-order valence-electron chi connectivity index (χ1n) is 5.52. The Kier molecular flexibility index (Phi) is 3.54. The summed E-state index contributed by atoms with van der Waals surface area (Å²) in [6.45, 7) is 1.99. The van der Waals surface area contributed by atoms with E-state index in [1.807, 2.05) is 0 Å². The molecule has 14 heavy (non-hydrogen) atoms. The van der Waals surface area contributed by atoms with Crippen LogP contribution in [0.3, 0.4) is 0 Å². The maximum atomic E-state index is 11.2. The molecule has 2 fully saturated rings. The molecular formula is C11H18O3. The number of Topliss-reactive ketones (excluding diaryl/α,β-unsaturated/α-hetero) is 1. The molecule has 3 nitrogen and oxygen atoms in total. The molecule has 2 aliphatic carbocycles. The Bertz CT molecular complexity index is 175. The molecule has 0 N–H and O–H groups in total. The highest BCUT2D eigenvalue weighted by Crippen LogP contribution is 2.29. The minimum Gasteiger partial charge on any atom is -0.373 e. The number of hydrogen-bond donors (Lipinski definition) is 0. The van der Waals surface area contributed by atoms with E-state index in [2.05, 4.69) is 0 Å². The average Bonchev–Trinajstić information content (AvgIpc) is 2.99. The van der Waals surface area contributed by atoms with Crippen molar-refractivity contribution >= 4 is 5.78 Å². The van der Waals surface area contributed by atoms with Gasteiger partial charge in [-0.25, -0.2) is 0 Å². The maximum absolute atomic E-state index is 11.2. The molecule has 0 aliphatic heterocycles. The van der Waals surface area contributed by atoms with Crippen LogP contribution in [0.1, 0.15) is 25.7 Å². The van der Waals surface area contributed by atoms with Gasteiger partial charge in [0, 0.05) is 13.2 Å². The molecule has 0 saturated heterocycles. The van der Waals surface area contributed by atoms with Gasteiger partial charge in [0.1, 0.15) is 13.2 Å². The van der Waals surface area contributed by atoms with E-state index in [9.17, 15) is 4.79 Å². The van der Waals surface area contributed by atoms with Crippen molar-refractivity contribution in [3.63, 3.8) is 0 Å². The van der Waals surface area contributed by atoms with Crippen LogP contribution in [0.2, 0.25) is 0 Å². The first-order chi connectivity index (χ1) is 6.84. The van der Waals surface area contributed by atoms with Gasteiger partial charge < -0.3 is 9.47 Å². The van der Waals surface area contributed by atoms with Crippen molar-refractivity contribution < 1.29 is 14.3 Å². The Morgan fingerprint density at radius 3 is 1.71 bits per heavy atom. The molecule has 0 unspecified atom stereocenters. The predicted molar refractivity (Wildman–Crippen MR) is 52.1 cm³/mol. The zero-order valence-corrected chi connectivity index (χ0v) is 8.54. The Morgan fingerprint density at radius 2 is 1.36 bits per heavy atom. The fourth-order valence-corrected chi connectivity index (χ4v) is 1.29. The van der Waals surface area contributed by atoms with Gasteiger partial charge in [-0.1, -0.05) is 0 Å². The highest BCUT2D eigenvalue weighted by atomic mass is 16.5. The monoisotopic (exact) mass is 198 g/mol. The fourth-order valence-electron chi connectivity index (χ4n) is 1.29. The number of carbonyl (C=O) groups is 1. The lowest BCUT2D eigenvalue weighted by Gasteiger charge is -2.03. The SMILES string of the molecule is O=C(COCC1CC1)COCC1CC1. The molecule has 3 heteroatoms. The molecular weight excluding hydrogens is 180 g/mol. The van der Waals surface area contributed by atoms with Crippen LogP contribution in [0.25, 0.3) is 0 Å². The summed E-state index contributed by atoms with van der Waals surface area (Å²) in [7, 11) is 0. The van der Waals surface area contributed by atoms with Crippen molar-refractivity contribution in [2.75, 3.05) is 26.4 Å². The second-order valence-corrected chi connectivity index (χ2v) is 4.46. The first kappa shape index (κ1) is 10.1. The molecule has 0 heterocycles. The quantitative estimate of drug-likeness (QED) is 0.591. The zero-order valence-electron chi connectivity index (χ0n) is 8.54. The third kappa shape index (κ3) is 4.20. The Morgan fingerprint density at radius 1 is 0.929 bits per heavy atom. The van der Waals surface area contributed by atoms with Crippen molar-refractivity contribution in [2.45, 2.75) is 25.7 Å². The second-order valence-electron chi connectivity index (χ2n) is 4.46. The van der Waals surface area contributed by atoms with Gasteiger partial charge in [0.05, 0.1) is 0 Å². The smallest absolute Gasteiger partial charge is 0.183 e. The van der Waals surface area contributed by atoms with Crippen molar-refractivity contribution in [1.29, 1.82) is 0 Å². The van der Waals surface area contributed by atoms with Gasteiger partial charge >= 0.3 is 0 Å². The van der Waals surface area contributed by atoms with E-state index in [-0.39, 0.29) is 19.0 Å². The predicted octanol–water partition coefficient (Wildman–Crippen LogP) is 1.41. The van der Waals surface area contributed by atoms with Crippen molar-refractivity contribution in [1.82, 2.24) is 0 Å². The van der Waals surface area contributed by atoms with Gasteiger partial charge in [0.25, 0.3) is 0 Å². The second kappa shape index (κ2) is 4.89. The number of ether oxygens (including phenoxy) is 2. The van der Waals surface area contributed by atoms with Crippen LogP contribution in [0.4, 0.5) is 0 Å². The van der Waals surface area contributed by atoms with Crippen molar-refractivity contribution in [3.8, 4) is 0 Å². The summed E-state index contributed by atoms with van der Waals surface area (Å²) in [6, 6.07) is 0. The molecule has 0 radical (unpaired) electrons. The lowest BCUT2D eigenvalue weighted by atomic mass is 10.4. The number of ketones is 1. The van der Waals surface area contributed by atoms with Gasteiger partial charge in [-0.2, -0.15) is 0 Å². The zero-order chi connectivity index (χ0) is 9.80. The van der Waals surface area contributed by atoms with Gasteiger partial charge in [0.2, 0.25) is 0 Å². The number of carbonyl (C=O) groups excluding carboxylic acids is 1. The van der Waals surface area contributed by atoms with Gasteiger partial charge in [-0.15, -0.1) is 0 Å². The maximum Gasteiger partial charge on any atom is 0.183 e. The van der Waals surface area contributed by atoms with Crippen LogP contribution in [-0.2, 0) is 14.3 Å². The molecule has 0 aromatic carbocycles. The summed E-state index contributed by atoms with van der Waals surface area (Å²) < 4.78 is 10.5. The summed E-state index contributed by atoms with van der Waals surface area (Å²) in [5.41, 5.74) is 0. The van der Waals surface area contributed by atoms with Crippen LogP contribution in [0, 0.1) is 11.8 Å². The van der Waals surface area contributed by atoms with E-state index in [0.29, 0.717) is 0 Å². The molecule has 2 aliphatic rings. The van der Waals surface area contributed by atoms with E-state index in [4.69, 9.17) is 9.47 Å². The lowest BCUT2D eigenvalue weighted by molar-refractivity contribution is -0.128. The Balaban J connectivity index is 1.40. The van der Waals surface area contributed by atoms with Gasteiger partial charge in [-0.05, 0) is 37.5 Å². The Labute approximate surface area is 84.8 Å². The van der Waals surface area contributed by atoms with Gasteiger partial charge in [0.15, 0.2) is 5.78 Å². The first-order valence-corrected chi connectivity index (χ1v) is 5.52. The van der Waals surface area contributed by atoms with E-state index < -0.39 is 0 Å². The summed E-state index contributed by atoms with van der Waals surface area (Å²) in [4.78, 5) is 11.2. The third-order valence-electron chi connectivity index (χ3n) is 2.63. The molecule has 0 atom stereocenters. The highest BCUT2D eigenvalue weighted by Gasteiger charge is 2.22. The minimum absolute atomic E-state index is 0.0753. The van der Waals surface area contributed by atoms with Crippen LogP contribution in [0.15, 0.2) is 0 Å². The molecule has 80 valence electrons. The molecule has 0 amide bonds. The summed E-state index contributed by atoms with van der Waals surface area (Å²) >= 11 is 0. The van der Waals surface area contributed by atoms with Crippen molar-refractivity contribution in [2.24, 2.45) is 11.8 Å². The highest BCUT2D eigenvalue weighted by molar-refractivity contribution is 5.80. The van der Waals surface area contributed by atoms with Crippen LogP contribution >= 0.6 is 0 Å².